The second-order valence-corrected chi connectivity index (χ2v) is 4.49. The molecule has 0 aliphatic carbocycles. The molecule has 2 aromatic rings. The first-order valence-electron chi connectivity index (χ1n) is 4.46. The van der Waals surface area contributed by atoms with Crippen molar-refractivity contribution in [3.8, 4) is 11.1 Å². The van der Waals surface area contributed by atoms with Crippen LogP contribution < -0.4 is 5.73 Å². The standard InChI is InChI=1S/C11H8ClNO2S/c12-8-4-2-1-3-6(8)7-5-16-10(13)9(7)11(14)15/h1-5H,13H2,(H,14,15). The van der Waals surface area contributed by atoms with Crippen LogP contribution in [0.3, 0.4) is 0 Å². The van der Waals surface area contributed by atoms with Crippen molar-refractivity contribution in [3.05, 3.63) is 40.2 Å². The van der Waals surface area contributed by atoms with Gasteiger partial charge in [-0.05, 0) is 6.07 Å². The molecule has 0 aliphatic heterocycles. The van der Waals surface area contributed by atoms with Gasteiger partial charge >= 0.3 is 5.97 Å². The number of thiophene rings is 1. The number of hydrogen-bond donors (Lipinski definition) is 2. The summed E-state index contributed by atoms with van der Waals surface area (Å²) in [6.07, 6.45) is 0. The van der Waals surface area contributed by atoms with Gasteiger partial charge in [-0.1, -0.05) is 29.8 Å². The monoisotopic (exact) mass is 253 g/mol. The average Bonchev–Trinajstić information content (AvgIpc) is 2.61. The molecule has 0 unspecified atom stereocenters. The molecule has 0 aliphatic rings. The summed E-state index contributed by atoms with van der Waals surface area (Å²) in [4.78, 5) is 11.1. The van der Waals surface area contributed by atoms with E-state index in [1.54, 1.807) is 29.6 Å². The summed E-state index contributed by atoms with van der Waals surface area (Å²) in [6.45, 7) is 0. The highest BCUT2D eigenvalue weighted by Gasteiger charge is 2.18. The van der Waals surface area contributed by atoms with Crippen molar-refractivity contribution in [3.63, 3.8) is 0 Å². The summed E-state index contributed by atoms with van der Waals surface area (Å²) >= 11 is 7.22. The number of carboxylic acid groups (broad SMARTS) is 1. The third kappa shape index (κ3) is 1.77. The van der Waals surface area contributed by atoms with Crippen LogP contribution in [0.1, 0.15) is 10.4 Å². The van der Waals surface area contributed by atoms with Gasteiger partial charge in [-0.3, -0.25) is 0 Å². The molecule has 0 radical (unpaired) electrons. The van der Waals surface area contributed by atoms with E-state index < -0.39 is 5.97 Å². The molecule has 0 spiro atoms. The van der Waals surface area contributed by atoms with Crippen molar-refractivity contribution >= 4 is 33.9 Å². The van der Waals surface area contributed by atoms with E-state index >= 15 is 0 Å². The molecule has 1 heterocycles. The Bertz CT molecular complexity index is 551. The Morgan fingerprint density at radius 2 is 2.00 bits per heavy atom. The summed E-state index contributed by atoms with van der Waals surface area (Å²) in [5.41, 5.74) is 7.01. The van der Waals surface area contributed by atoms with Gasteiger partial charge in [0.15, 0.2) is 0 Å². The van der Waals surface area contributed by atoms with Crippen molar-refractivity contribution < 1.29 is 9.90 Å². The maximum absolute atomic E-state index is 11.1. The predicted octanol–water partition coefficient (Wildman–Crippen LogP) is 3.35. The molecule has 5 heteroatoms. The van der Waals surface area contributed by atoms with Crippen molar-refractivity contribution in [1.29, 1.82) is 0 Å². The van der Waals surface area contributed by atoms with Crippen molar-refractivity contribution in [2.45, 2.75) is 0 Å². The van der Waals surface area contributed by atoms with E-state index in [-0.39, 0.29) is 5.56 Å². The van der Waals surface area contributed by atoms with Gasteiger partial charge in [-0.2, -0.15) is 0 Å². The van der Waals surface area contributed by atoms with E-state index in [1.165, 1.54) is 11.3 Å². The molecule has 0 fully saturated rings. The number of hydrogen-bond acceptors (Lipinski definition) is 3. The van der Waals surface area contributed by atoms with E-state index in [9.17, 15) is 4.79 Å². The Balaban J connectivity index is 2.66. The minimum atomic E-state index is -1.03. The molecule has 0 bridgehead atoms. The molecule has 1 aromatic heterocycles. The Labute approximate surface area is 101 Å². The summed E-state index contributed by atoms with van der Waals surface area (Å²) in [7, 11) is 0. The van der Waals surface area contributed by atoms with Crippen molar-refractivity contribution in [2.75, 3.05) is 5.73 Å². The van der Waals surface area contributed by atoms with Crippen LogP contribution in [0.25, 0.3) is 11.1 Å². The fourth-order valence-electron chi connectivity index (χ4n) is 1.47. The number of carboxylic acids is 1. The second-order valence-electron chi connectivity index (χ2n) is 3.17. The lowest BCUT2D eigenvalue weighted by Crippen LogP contribution is -2.00. The Hall–Kier alpha value is -1.52. The summed E-state index contributed by atoms with van der Waals surface area (Å²) < 4.78 is 0. The number of anilines is 1. The largest absolute Gasteiger partial charge is 0.478 e. The molecule has 0 saturated heterocycles. The van der Waals surface area contributed by atoms with Crippen LogP contribution in [0.4, 0.5) is 5.00 Å². The van der Waals surface area contributed by atoms with Crippen LogP contribution in [0.5, 0.6) is 0 Å². The summed E-state index contributed by atoms with van der Waals surface area (Å²) in [5, 5.41) is 11.6. The van der Waals surface area contributed by atoms with Crippen LogP contribution >= 0.6 is 22.9 Å². The van der Waals surface area contributed by atoms with Gasteiger partial charge < -0.3 is 10.8 Å². The van der Waals surface area contributed by atoms with Crippen LogP contribution in [0.15, 0.2) is 29.6 Å². The minimum Gasteiger partial charge on any atom is -0.478 e. The zero-order valence-corrected chi connectivity index (χ0v) is 9.68. The van der Waals surface area contributed by atoms with Gasteiger partial charge in [0.25, 0.3) is 0 Å². The normalized spacial score (nSPS) is 10.3. The van der Waals surface area contributed by atoms with Crippen molar-refractivity contribution in [2.24, 2.45) is 0 Å². The molecule has 16 heavy (non-hydrogen) atoms. The minimum absolute atomic E-state index is 0.123. The lowest BCUT2D eigenvalue weighted by molar-refractivity contribution is 0.0699. The summed E-state index contributed by atoms with van der Waals surface area (Å²) in [6, 6.07) is 7.09. The highest BCUT2D eigenvalue weighted by Crippen LogP contribution is 2.36. The molecule has 0 amide bonds. The first-order valence-corrected chi connectivity index (χ1v) is 5.72. The third-order valence-corrected chi connectivity index (χ3v) is 3.34. The van der Waals surface area contributed by atoms with Gasteiger partial charge in [0.05, 0.1) is 0 Å². The fraction of sp³-hybridized carbons (Fsp3) is 0. The lowest BCUT2D eigenvalue weighted by Gasteiger charge is -2.03. The average molecular weight is 254 g/mol. The smallest absolute Gasteiger partial charge is 0.339 e. The first-order chi connectivity index (χ1) is 7.61. The Morgan fingerprint density at radius 3 is 2.62 bits per heavy atom. The number of nitrogens with two attached hydrogens (primary N) is 1. The number of halogens is 1. The SMILES string of the molecule is Nc1scc(-c2ccccc2Cl)c1C(=O)O. The molecular weight excluding hydrogens is 246 g/mol. The number of nitrogen functional groups attached to an aromatic ring is 1. The highest BCUT2D eigenvalue weighted by molar-refractivity contribution is 7.15. The van der Waals surface area contributed by atoms with Gasteiger partial charge in [-0.15, -0.1) is 11.3 Å². The fourth-order valence-corrected chi connectivity index (χ4v) is 2.51. The zero-order chi connectivity index (χ0) is 11.7. The van der Waals surface area contributed by atoms with Gasteiger partial charge in [0.2, 0.25) is 0 Å². The van der Waals surface area contributed by atoms with Gasteiger partial charge in [-0.25, -0.2) is 4.79 Å². The van der Waals surface area contributed by atoms with Crippen LogP contribution in [0, 0.1) is 0 Å². The molecule has 0 saturated carbocycles. The molecule has 82 valence electrons. The molecule has 2 rings (SSSR count). The van der Waals surface area contributed by atoms with Crippen LogP contribution in [-0.2, 0) is 0 Å². The first kappa shape index (κ1) is 11.0. The topological polar surface area (TPSA) is 63.3 Å². The lowest BCUT2D eigenvalue weighted by atomic mass is 10.0. The predicted molar refractivity (Wildman–Crippen MR) is 66.1 cm³/mol. The van der Waals surface area contributed by atoms with E-state index in [0.29, 0.717) is 21.2 Å². The molecule has 3 nitrogen and oxygen atoms in total. The molecule has 0 atom stereocenters. The van der Waals surface area contributed by atoms with Gasteiger partial charge in [0, 0.05) is 21.5 Å². The van der Waals surface area contributed by atoms with E-state index in [2.05, 4.69) is 0 Å². The molecular formula is C11H8ClNO2S. The van der Waals surface area contributed by atoms with E-state index in [0.717, 1.165) is 0 Å². The van der Waals surface area contributed by atoms with E-state index in [4.69, 9.17) is 22.4 Å². The van der Waals surface area contributed by atoms with Crippen LogP contribution in [-0.4, -0.2) is 11.1 Å². The third-order valence-electron chi connectivity index (χ3n) is 2.20. The quantitative estimate of drug-likeness (QED) is 0.863. The maximum atomic E-state index is 11.1. The Morgan fingerprint density at radius 1 is 1.31 bits per heavy atom. The number of rotatable bonds is 2. The number of aromatic carboxylic acids is 1. The second kappa shape index (κ2) is 4.15. The van der Waals surface area contributed by atoms with E-state index in [1.807, 2.05) is 0 Å². The maximum Gasteiger partial charge on any atom is 0.339 e. The highest BCUT2D eigenvalue weighted by atomic mass is 35.5. The zero-order valence-electron chi connectivity index (χ0n) is 8.11. The molecule has 1 aromatic carbocycles. The summed E-state index contributed by atoms with van der Waals surface area (Å²) in [5.74, 6) is -1.03. The van der Waals surface area contributed by atoms with Gasteiger partial charge in [0.1, 0.15) is 10.6 Å². The number of benzene rings is 1. The molecule has 3 N–H and O–H groups in total. The van der Waals surface area contributed by atoms with Crippen LogP contribution in [0.2, 0.25) is 5.02 Å². The number of carbonyl (C=O) groups is 1. The Kier molecular flexibility index (Phi) is 2.85. The van der Waals surface area contributed by atoms with Crippen molar-refractivity contribution in [1.82, 2.24) is 0 Å².